The minimum Gasteiger partial charge on any atom is -0.396 e. The van der Waals surface area contributed by atoms with E-state index in [1.807, 2.05) is 16.8 Å². The first-order chi connectivity index (χ1) is 8.67. The molecule has 0 saturated heterocycles. The predicted octanol–water partition coefficient (Wildman–Crippen LogP) is 2.59. The van der Waals surface area contributed by atoms with Crippen molar-refractivity contribution in [2.75, 3.05) is 6.61 Å². The molecule has 1 heterocycles. The van der Waals surface area contributed by atoms with Crippen molar-refractivity contribution in [3.05, 3.63) is 46.8 Å². The third kappa shape index (κ3) is 2.31. The van der Waals surface area contributed by atoms with Gasteiger partial charge in [-0.05, 0) is 49.9 Å². The van der Waals surface area contributed by atoms with Crippen molar-refractivity contribution in [2.24, 2.45) is 0 Å². The lowest BCUT2D eigenvalue weighted by Crippen LogP contribution is -2.00. The number of benzene rings is 1. The van der Waals surface area contributed by atoms with Crippen LogP contribution in [0.1, 0.15) is 29.4 Å². The zero-order chi connectivity index (χ0) is 13.1. The Morgan fingerprint density at radius 1 is 1.17 bits per heavy atom. The summed E-state index contributed by atoms with van der Waals surface area (Å²) in [4.78, 5) is 0. The Labute approximate surface area is 108 Å². The highest BCUT2D eigenvalue weighted by Crippen LogP contribution is 2.18. The molecule has 1 aromatic carbocycles. The van der Waals surface area contributed by atoms with Crippen molar-refractivity contribution in [1.29, 1.82) is 0 Å². The van der Waals surface area contributed by atoms with Crippen LogP contribution in [0.4, 0.5) is 0 Å². The van der Waals surface area contributed by atoms with E-state index in [1.165, 1.54) is 11.3 Å². The first-order valence-electron chi connectivity index (χ1n) is 6.42. The lowest BCUT2D eigenvalue weighted by molar-refractivity contribution is 0.299. The molecule has 96 valence electrons. The summed E-state index contributed by atoms with van der Waals surface area (Å²) >= 11 is 0. The fraction of sp³-hybridized carbons (Fsp3) is 0.400. The van der Waals surface area contributed by atoms with E-state index in [9.17, 15) is 0 Å². The van der Waals surface area contributed by atoms with Gasteiger partial charge in [0.05, 0.1) is 11.4 Å². The van der Waals surface area contributed by atoms with Gasteiger partial charge in [-0.2, -0.15) is 5.10 Å². The molecular weight excluding hydrogens is 224 g/mol. The van der Waals surface area contributed by atoms with E-state index in [1.54, 1.807) is 0 Å². The molecular formula is C15H20N2O. The van der Waals surface area contributed by atoms with Crippen LogP contribution < -0.4 is 0 Å². The SMILES string of the molecule is CCc1c(C)nn(-c2ccc(CCO)cc2)c1C. The zero-order valence-electron chi connectivity index (χ0n) is 11.3. The second-order valence-corrected chi connectivity index (χ2v) is 4.55. The molecule has 0 spiro atoms. The average Bonchev–Trinajstić information content (AvgIpc) is 2.66. The van der Waals surface area contributed by atoms with Gasteiger partial charge in [0.2, 0.25) is 0 Å². The number of aryl methyl sites for hydroxylation is 1. The first kappa shape index (κ1) is 12.8. The molecule has 0 atom stereocenters. The predicted molar refractivity (Wildman–Crippen MR) is 73.2 cm³/mol. The molecule has 0 saturated carbocycles. The summed E-state index contributed by atoms with van der Waals surface area (Å²) in [7, 11) is 0. The molecule has 1 N–H and O–H groups in total. The molecule has 2 rings (SSSR count). The highest BCUT2D eigenvalue weighted by atomic mass is 16.2. The fourth-order valence-electron chi connectivity index (χ4n) is 2.37. The molecule has 0 fully saturated rings. The number of nitrogens with zero attached hydrogens (tertiary/aromatic N) is 2. The van der Waals surface area contributed by atoms with Gasteiger partial charge in [-0.1, -0.05) is 19.1 Å². The van der Waals surface area contributed by atoms with Gasteiger partial charge in [-0.25, -0.2) is 4.68 Å². The molecule has 0 aliphatic rings. The fourth-order valence-corrected chi connectivity index (χ4v) is 2.37. The maximum Gasteiger partial charge on any atom is 0.0649 e. The molecule has 0 amide bonds. The number of aromatic nitrogens is 2. The Bertz CT molecular complexity index is 526. The van der Waals surface area contributed by atoms with Crippen LogP contribution in [-0.2, 0) is 12.8 Å². The van der Waals surface area contributed by atoms with Crippen LogP contribution in [-0.4, -0.2) is 21.5 Å². The lowest BCUT2D eigenvalue weighted by atomic mass is 10.1. The van der Waals surface area contributed by atoms with Gasteiger partial charge in [-0.15, -0.1) is 0 Å². The molecule has 1 aromatic heterocycles. The van der Waals surface area contributed by atoms with E-state index in [-0.39, 0.29) is 6.61 Å². The van der Waals surface area contributed by atoms with Gasteiger partial charge in [0, 0.05) is 12.3 Å². The Morgan fingerprint density at radius 3 is 2.33 bits per heavy atom. The van der Waals surface area contributed by atoms with E-state index in [2.05, 4.69) is 38.0 Å². The minimum absolute atomic E-state index is 0.194. The van der Waals surface area contributed by atoms with Crippen LogP contribution in [0.15, 0.2) is 24.3 Å². The highest BCUT2D eigenvalue weighted by Gasteiger charge is 2.10. The van der Waals surface area contributed by atoms with Crippen molar-refractivity contribution in [3.63, 3.8) is 0 Å². The van der Waals surface area contributed by atoms with Crippen LogP contribution in [0.5, 0.6) is 0 Å². The van der Waals surface area contributed by atoms with Crippen molar-refractivity contribution in [3.8, 4) is 5.69 Å². The molecule has 0 aliphatic carbocycles. The second-order valence-electron chi connectivity index (χ2n) is 4.55. The van der Waals surface area contributed by atoms with Crippen molar-refractivity contribution in [2.45, 2.75) is 33.6 Å². The van der Waals surface area contributed by atoms with Gasteiger partial charge < -0.3 is 5.11 Å². The Balaban J connectivity index is 2.36. The molecule has 3 nitrogen and oxygen atoms in total. The van der Waals surface area contributed by atoms with E-state index >= 15 is 0 Å². The number of hydrogen-bond donors (Lipinski definition) is 1. The van der Waals surface area contributed by atoms with E-state index in [0.717, 1.165) is 23.4 Å². The van der Waals surface area contributed by atoms with Crippen molar-refractivity contribution in [1.82, 2.24) is 9.78 Å². The molecule has 0 aliphatic heterocycles. The van der Waals surface area contributed by atoms with Gasteiger partial charge in [0.25, 0.3) is 0 Å². The number of rotatable bonds is 4. The van der Waals surface area contributed by atoms with Gasteiger partial charge in [-0.3, -0.25) is 0 Å². The summed E-state index contributed by atoms with van der Waals surface area (Å²) in [5.41, 5.74) is 5.88. The number of aliphatic hydroxyl groups excluding tert-OH is 1. The molecule has 3 heteroatoms. The summed E-state index contributed by atoms with van der Waals surface area (Å²) in [6.45, 7) is 6.52. The molecule has 0 radical (unpaired) electrons. The van der Waals surface area contributed by atoms with Crippen LogP contribution >= 0.6 is 0 Å². The maximum absolute atomic E-state index is 8.90. The van der Waals surface area contributed by atoms with Crippen molar-refractivity contribution < 1.29 is 5.11 Å². The lowest BCUT2D eigenvalue weighted by Gasteiger charge is -2.06. The zero-order valence-corrected chi connectivity index (χ0v) is 11.3. The first-order valence-corrected chi connectivity index (χ1v) is 6.42. The molecule has 18 heavy (non-hydrogen) atoms. The highest BCUT2D eigenvalue weighted by molar-refractivity contribution is 5.38. The average molecular weight is 244 g/mol. The summed E-state index contributed by atoms with van der Waals surface area (Å²) in [5, 5.41) is 13.5. The van der Waals surface area contributed by atoms with Crippen LogP contribution in [0, 0.1) is 13.8 Å². The van der Waals surface area contributed by atoms with Crippen LogP contribution in [0.2, 0.25) is 0 Å². The Hall–Kier alpha value is -1.61. The van der Waals surface area contributed by atoms with Crippen molar-refractivity contribution >= 4 is 0 Å². The maximum atomic E-state index is 8.90. The van der Waals surface area contributed by atoms with Gasteiger partial charge in [0.15, 0.2) is 0 Å². The number of hydrogen-bond acceptors (Lipinski definition) is 2. The molecule has 0 unspecified atom stereocenters. The summed E-state index contributed by atoms with van der Waals surface area (Å²) < 4.78 is 2.00. The van der Waals surface area contributed by atoms with Gasteiger partial charge >= 0.3 is 0 Å². The van der Waals surface area contributed by atoms with E-state index < -0.39 is 0 Å². The number of aliphatic hydroxyl groups is 1. The molecule has 0 bridgehead atoms. The largest absolute Gasteiger partial charge is 0.396 e. The minimum atomic E-state index is 0.194. The van der Waals surface area contributed by atoms with E-state index in [4.69, 9.17) is 5.11 Å². The Morgan fingerprint density at radius 2 is 1.83 bits per heavy atom. The monoisotopic (exact) mass is 244 g/mol. The normalized spacial score (nSPS) is 10.9. The summed E-state index contributed by atoms with van der Waals surface area (Å²) in [5.74, 6) is 0. The smallest absolute Gasteiger partial charge is 0.0649 e. The summed E-state index contributed by atoms with van der Waals surface area (Å²) in [6, 6.07) is 8.22. The standard InChI is InChI=1S/C15H20N2O/c1-4-15-11(2)16-17(12(15)3)14-7-5-13(6-8-14)9-10-18/h5-8,18H,4,9-10H2,1-3H3. The summed E-state index contributed by atoms with van der Waals surface area (Å²) in [6.07, 6.45) is 1.72. The van der Waals surface area contributed by atoms with Crippen LogP contribution in [0.25, 0.3) is 5.69 Å². The van der Waals surface area contributed by atoms with E-state index in [0.29, 0.717) is 6.42 Å². The Kier molecular flexibility index (Phi) is 3.82. The third-order valence-electron chi connectivity index (χ3n) is 3.38. The topological polar surface area (TPSA) is 38.0 Å². The van der Waals surface area contributed by atoms with Crippen LogP contribution in [0.3, 0.4) is 0 Å². The quantitative estimate of drug-likeness (QED) is 0.897. The third-order valence-corrected chi connectivity index (χ3v) is 3.38. The van der Waals surface area contributed by atoms with Gasteiger partial charge in [0.1, 0.15) is 0 Å². The second kappa shape index (κ2) is 5.36. The molecule has 2 aromatic rings.